The molecule has 0 aromatic rings. The van der Waals surface area contributed by atoms with Crippen molar-refractivity contribution in [1.82, 2.24) is 0 Å². The summed E-state index contributed by atoms with van der Waals surface area (Å²) in [6.45, 7) is 2.06. The third kappa shape index (κ3) is 19.1. The van der Waals surface area contributed by atoms with Crippen LogP contribution in [0.15, 0.2) is 0 Å². The molecule has 0 fully saturated rings. The minimum absolute atomic E-state index is 0. The molecule has 0 amide bonds. The molecule has 0 saturated carbocycles. The van der Waals surface area contributed by atoms with Crippen molar-refractivity contribution in [3.63, 3.8) is 0 Å². The minimum Gasteiger partial charge on any atom is -1.00 e. The van der Waals surface area contributed by atoms with Crippen molar-refractivity contribution in [2.45, 2.75) is 71.1 Å². The van der Waals surface area contributed by atoms with Crippen LogP contribution in [0.5, 0.6) is 0 Å². The quantitative estimate of drug-likeness (QED) is 0.259. The molecular weight excluding hydrogens is 342 g/mol. The summed E-state index contributed by atoms with van der Waals surface area (Å²) >= 11 is 0. The van der Waals surface area contributed by atoms with Gasteiger partial charge in [-0.05, 0) is 6.42 Å². The predicted molar refractivity (Wildman–Crippen MR) is 81.0 cm³/mol. The number of unbranched alkanes of at least 4 members (excludes halogenated alkanes) is 9. The van der Waals surface area contributed by atoms with Crippen molar-refractivity contribution in [2.24, 2.45) is 0 Å². The summed E-state index contributed by atoms with van der Waals surface area (Å²) < 4.78 is 40.2. The Bertz CT molecular complexity index is 402. The maximum Gasteiger partial charge on any atom is 1.00 e. The second kappa shape index (κ2) is 14.4. The van der Waals surface area contributed by atoms with Crippen LogP contribution in [0.2, 0.25) is 0 Å². The molecular formula is C12H28NaO7PS. The minimum atomic E-state index is -5.08. The van der Waals surface area contributed by atoms with E-state index in [1.165, 1.54) is 38.5 Å². The van der Waals surface area contributed by atoms with Gasteiger partial charge in [0.15, 0.2) is 0 Å². The molecule has 22 heavy (non-hydrogen) atoms. The normalized spacial score (nSPS) is 12.1. The van der Waals surface area contributed by atoms with E-state index in [0.717, 1.165) is 19.3 Å². The number of rotatable bonds is 14. The first-order chi connectivity index (χ1) is 9.77. The fourth-order valence-corrected chi connectivity index (χ4v) is 3.34. The van der Waals surface area contributed by atoms with E-state index in [4.69, 9.17) is 9.79 Å². The number of hydrogen-bond donors (Lipinski definition) is 2. The van der Waals surface area contributed by atoms with Crippen molar-refractivity contribution in [1.29, 1.82) is 0 Å². The molecule has 0 aromatic carbocycles. The van der Waals surface area contributed by atoms with Gasteiger partial charge in [0.25, 0.3) is 0 Å². The average Bonchev–Trinajstić information content (AvgIpc) is 2.33. The Hall–Kier alpha value is 1.02. The Morgan fingerprint density at radius 3 is 1.73 bits per heavy atom. The van der Waals surface area contributed by atoms with Crippen molar-refractivity contribution < 1.29 is 61.9 Å². The van der Waals surface area contributed by atoms with Crippen molar-refractivity contribution in [2.75, 3.05) is 6.61 Å². The predicted octanol–water partition coefficient (Wildman–Crippen LogP) is 0.394. The van der Waals surface area contributed by atoms with E-state index in [-0.39, 0.29) is 37.6 Å². The van der Waals surface area contributed by atoms with E-state index in [1.54, 1.807) is 0 Å². The zero-order valence-electron chi connectivity index (χ0n) is 14.6. The smallest absolute Gasteiger partial charge is 1.00 e. The van der Waals surface area contributed by atoms with E-state index < -0.39 is 18.2 Å². The molecule has 0 radical (unpaired) electrons. The van der Waals surface area contributed by atoms with Gasteiger partial charge in [-0.25, -0.2) is 8.75 Å². The van der Waals surface area contributed by atoms with Crippen LogP contribution in [0.4, 0.5) is 0 Å². The van der Waals surface area contributed by atoms with Crippen molar-refractivity contribution in [3.8, 4) is 0 Å². The zero-order valence-corrected chi connectivity index (χ0v) is 17.3. The third-order valence-electron chi connectivity index (χ3n) is 2.91. The molecule has 0 atom stereocenters. The van der Waals surface area contributed by atoms with E-state index in [2.05, 4.69) is 15.1 Å². The van der Waals surface area contributed by atoms with Crippen LogP contribution in [-0.4, -0.2) is 24.8 Å². The maximum absolute atomic E-state index is 11.0. The molecule has 2 N–H and O–H groups in total. The first-order valence-corrected chi connectivity index (χ1v) is 10.3. The maximum atomic E-state index is 11.0. The van der Waals surface area contributed by atoms with Gasteiger partial charge in [0.05, 0.1) is 6.61 Å². The van der Waals surface area contributed by atoms with Gasteiger partial charge < -0.3 is 11.2 Å². The molecule has 0 unspecified atom stereocenters. The second-order valence-corrected chi connectivity index (χ2v) is 7.61. The van der Waals surface area contributed by atoms with Crippen LogP contribution in [0.3, 0.4) is 0 Å². The van der Waals surface area contributed by atoms with Gasteiger partial charge in [-0.1, -0.05) is 64.7 Å². The van der Waals surface area contributed by atoms with Crippen LogP contribution < -0.4 is 29.6 Å². The van der Waals surface area contributed by atoms with Gasteiger partial charge in [0, 0.05) is 0 Å². The fourth-order valence-electron chi connectivity index (χ4n) is 1.89. The van der Waals surface area contributed by atoms with Crippen LogP contribution in [-0.2, 0) is 23.1 Å². The molecule has 0 spiro atoms. The summed E-state index contributed by atoms with van der Waals surface area (Å²) in [5, 5.41) is 0. The summed E-state index contributed by atoms with van der Waals surface area (Å²) in [6, 6.07) is 0. The first kappa shape index (κ1) is 25.3. The van der Waals surface area contributed by atoms with Gasteiger partial charge in [-0.2, -0.15) is 8.42 Å². The molecule has 0 aromatic heterocycles. The second-order valence-electron chi connectivity index (χ2n) is 4.98. The van der Waals surface area contributed by atoms with E-state index in [0.29, 0.717) is 6.42 Å². The van der Waals surface area contributed by atoms with E-state index in [9.17, 15) is 13.0 Å². The summed E-state index contributed by atoms with van der Waals surface area (Å²) in [4.78, 5) is 16.7. The van der Waals surface area contributed by atoms with Crippen molar-refractivity contribution in [3.05, 3.63) is 0 Å². The van der Waals surface area contributed by atoms with Gasteiger partial charge in [0.1, 0.15) is 0 Å². The Morgan fingerprint density at radius 1 is 0.909 bits per heavy atom. The Labute approximate surface area is 157 Å². The Balaban J connectivity index is -0.00000200. The largest absolute Gasteiger partial charge is 1.00 e. The molecule has 0 aliphatic carbocycles. The Kier molecular flexibility index (Phi) is 16.5. The average molecular weight is 370 g/mol. The van der Waals surface area contributed by atoms with Crippen LogP contribution in [0.1, 0.15) is 72.6 Å². The SMILES string of the molecule is CCCCCCCCCCCCOS(=O)(=O)OP(=O)(O)O.[H-].[Na+]. The summed E-state index contributed by atoms with van der Waals surface area (Å²) in [7, 11) is -9.70. The van der Waals surface area contributed by atoms with Gasteiger partial charge >= 0.3 is 47.8 Å². The van der Waals surface area contributed by atoms with Gasteiger partial charge in [0.2, 0.25) is 0 Å². The van der Waals surface area contributed by atoms with Gasteiger partial charge in [-0.15, -0.1) is 3.97 Å². The van der Waals surface area contributed by atoms with Crippen molar-refractivity contribution >= 4 is 18.2 Å². The van der Waals surface area contributed by atoms with E-state index >= 15 is 0 Å². The first-order valence-electron chi connectivity index (χ1n) is 7.43. The van der Waals surface area contributed by atoms with Gasteiger partial charge in [-0.3, -0.25) is 0 Å². The summed E-state index contributed by atoms with van der Waals surface area (Å²) in [5.74, 6) is 0. The monoisotopic (exact) mass is 370 g/mol. The summed E-state index contributed by atoms with van der Waals surface area (Å²) in [6.07, 6.45) is 11.0. The Morgan fingerprint density at radius 2 is 1.32 bits per heavy atom. The standard InChI is InChI=1S/C12H27O7PS.Na.H/c1-2-3-4-5-6-7-8-9-10-11-12-18-21(16,17)19-20(13,14)15;;/h2-12H2,1H3,(H2,13,14,15);;/q;+1;-1. The van der Waals surface area contributed by atoms with E-state index in [1.807, 2.05) is 0 Å². The van der Waals surface area contributed by atoms with Crippen LogP contribution >= 0.6 is 7.82 Å². The molecule has 0 bridgehead atoms. The molecule has 0 aliphatic rings. The zero-order chi connectivity index (χ0) is 16.2. The molecule has 0 heterocycles. The third-order valence-corrected chi connectivity index (χ3v) is 4.88. The number of hydrogen-bond acceptors (Lipinski definition) is 5. The molecule has 0 saturated heterocycles. The molecule has 0 rings (SSSR count). The molecule has 130 valence electrons. The topological polar surface area (TPSA) is 110 Å². The van der Waals surface area contributed by atoms with Crippen LogP contribution in [0.25, 0.3) is 0 Å². The molecule has 10 heteroatoms. The molecule has 7 nitrogen and oxygen atoms in total. The van der Waals surface area contributed by atoms with Crippen LogP contribution in [0, 0.1) is 0 Å². The summed E-state index contributed by atoms with van der Waals surface area (Å²) in [5.41, 5.74) is 0. The molecule has 0 aliphatic heterocycles. The number of phosphoric acid groups is 1. The fraction of sp³-hybridized carbons (Fsp3) is 1.00.